The Morgan fingerprint density at radius 1 is 1.32 bits per heavy atom. The van der Waals surface area contributed by atoms with Crippen LogP contribution in [0.4, 0.5) is 0 Å². The number of nitrogens with zero attached hydrogens (tertiary/aromatic N) is 2. The molecule has 5 heteroatoms. The van der Waals surface area contributed by atoms with Gasteiger partial charge in [-0.05, 0) is 39.3 Å². The minimum Gasteiger partial charge on any atom is -0.302 e. The van der Waals surface area contributed by atoms with Crippen molar-refractivity contribution in [2.24, 2.45) is 0 Å². The van der Waals surface area contributed by atoms with Crippen molar-refractivity contribution in [3.05, 3.63) is 0 Å². The second-order valence-electron chi connectivity index (χ2n) is 5.72. The zero-order valence-electron chi connectivity index (χ0n) is 12.0. The molecule has 2 rings (SSSR count). The van der Waals surface area contributed by atoms with E-state index in [1.54, 1.807) is 0 Å². The third-order valence-corrected chi connectivity index (χ3v) is 3.91. The van der Waals surface area contributed by atoms with Crippen molar-refractivity contribution in [2.45, 2.75) is 51.6 Å². The Balaban J connectivity index is 1.82. The van der Waals surface area contributed by atoms with Gasteiger partial charge in [0.2, 0.25) is 11.8 Å². The van der Waals surface area contributed by atoms with Crippen LogP contribution in [0.5, 0.6) is 0 Å². The van der Waals surface area contributed by atoms with Gasteiger partial charge >= 0.3 is 0 Å². The maximum atomic E-state index is 12.1. The summed E-state index contributed by atoms with van der Waals surface area (Å²) in [5.41, 5.74) is 0. The molecule has 2 aliphatic rings. The Bertz CT molecular complexity index is 340. The third-order valence-electron chi connectivity index (χ3n) is 3.91. The summed E-state index contributed by atoms with van der Waals surface area (Å²) in [6.07, 6.45) is 3.70. The molecule has 0 aromatic rings. The molecule has 0 spiro atoms. The number of nitrogens with one attached hydrogen (secondary N) is 1. The van der Waals surface area contributed by atoms with Crippen LogP contribution >= 0.6 is 0 Å². The van der Waals surface area contributed by atoms with Crippen molar-refractivity contribution >= 4 is 11.8 Å². The molecule has 2 atom stereocenters. The number of carbonyl (C=O) groups excluding carboxylic acids is 2. The minimum absolute atomic E-state index is 0.0299. The zero-order chi connectivity index (χ0) is 13.8. The number of carbonyl (C=O) groups is 2. The number of imide groups is 1. The molecule has 2 amide bonds. The van der Waals surface area contributed by atoms with Crippen molar-refractivity contribution < 1.29 is 9.59 Å². The summed E-state index contributed by atoms with van der Waals surface area (Å²) >= 11 is 0. The quantitative estimate of drug-likeness (QED) is 0.716. The Labute approximate surface area is 115 Å². The number of hydrogen-bond acceptors (Lipinski definition) is 4. The van der Waals surface area contributed by atoms with Gasteiger partial charge in [0.1, 0.15) is 0 Å². The van der Waals surface area contributed by atoms with Crippen molar-refractivity contribution in [3.63, 3.8) is 0 Å². The van der Waals surface area contributed by atoms with E-state index in [0.29, 0.717) is 13.0 Å². The first kappa shape index (κ1) is 14.5. The molecular weight excluding hydrogens is 242 g/mol. The van der Waals surface area contributed by atoms with Gasteiger partial charge < -0.3 is 10.2 Å². The average molecular weight is 267 g/mol. The molecule has 0 radical (unpaired) electrons. The van der Waals surface area contributed by atoms with E-state index in [-0.39, 0.29) is 23.9 Å². The number of amides is 2. The second kappa shape index (κ2) is 6.48. The third kappa shape index (κ3) is 3.54. The summed E-state index contributed by atoms with van der Waals surface area (Å²) in [6.45, 7) is 7.91. The summed E-state index contributed by atoms with van der Waals surface area (Å²) in [5, 5.41) is 3.32. The van der Waals surface area contributed by atoms with Crippen molar-refractivity contribution in [2.75, 3.05) is 26.2 Å². The van der Waals surface area contributed by atoms with Crippen molar-refractivity contribution in [1.29, 1.82) is 0 Å². The number of likely N-dealkylation sites (tertiary alicyclic amines) is 2. The lowest BCUT2D eigenvalue weighted by Gasteiger charge is -2.23. The molecule has 0 aromatic heterocycles. The Hall–Kier alpha value is -0.940. The van der Waals surface area contributed by atoms with Crippen LogP contribution in [0.15, 0.2) is 0 Å². The highest BCUT2D eigenvalue weighted by Gasteiger charge is 2.38. The molecule has 2 saturated heterocycles. The molecule has 2 fully saturated rings. The summed E-state index contributed by atoms with van der Waals surface area (Å²) in [5.74, 6) is -0.0714. The highest BCUT2D eigenvalue weighted by atomic mass is 16.2. The Morgan fingerprint density at radius 2 is 2.00 bits per heavy atom. The smallest absolute Gasteiger partial charge is 0.246 e. The van der Waals surface area contributed by atoms with Gasteiger partial charge in [-0.3, -0.25) is 14.5 Å². The van der Waals surface area contributed by atoms with Crippen LogP contribution in [0.1, 0.15) is 39.5 Å². The molecule has 0 aliphatic carbocycles. The van der Waals surface area contributed by atoms with Gasteiger partial charge in [0.25, 0.3) is 0 Å². The van der Waals surface area contributed by atoms with Crippen LogP contribution < -0.4 is 5.32 Å². The molecule has 2 aliphatic heterocycles. The molecule has 2 unspecified atom stereocenters. The van der Waals surface area contributed by atoms with E-state index in [1.165, 1.54) is 17.7 Å². The molecule has 2 heterocycles. The van der Waals surface area contributed by atoms with Gasteiger partial charge in [0.15, 0.2) is 0 Å². The van der Waals surface area contributed by atoms with Crippen LogP contribution in [0.2, 0.25) is 0 Å². The van der Waals surface area contributed by atoms with E-state index >= 15 is 0 Å². The summed E-state index contributed by atoms with van der Waals surface area (Å²) in [4.78, 5) is 27.7. The van der Waals surface area contributed by atoms with Gasteiger partial charge in [-0.15, -0.1) is 0 Å². The fraction of sp³-hybridized carbons (Fsp3) is 0.857. The topological polar surface area (TPSA) is 52.7 Å². The van der Waals surface area contributed by atoms with E-state index in [9.17, 15) is 9.59 Å². The number of hydrogen-bond donors (Lipinski definition) is 1. The number of rotatable bonds is 6. The fourth-order valence-electron chi connectivity index (χ4n) is 3.02. The Morgan fingerprint density at radius 3 is 2.63 bits per heavy atom. The first-order valence-corrected chi connectivity index (χ1v) is 7.44. The van der Waals surface area contributed by atoms with E-state index < -0.39 is 0 Å². The van der Waals surface area contributed by atoms with Crippen LogP contribution in [0.3, 0.4) is 0 Å². The highest BCUT2D eigenvalue weighted by Crippen LogP contribution is 2.15. The SMILES string of the molecule is CCCN1C(=O)CC(NC(C)CN2CCCC2)C1=O. The Kier molecular flexibility index (Phi) is 4.93. The maximum absolute atomic E-state index is 12.1. The molecule has 19 heavy (non-hydrogen) atoms. The van der Waals surface area contributed by atoms with Crippen LogP contribution in [-0.4, -0.2) is 59.9 Å². The highest BCUT2D eigenvalue weighted by molar-refractivity contribution is 6.05. The maximum Gasteiger partial charge on any atom is 0.246 e. The molecule has 5 nitrogen and oxygen atoms in total. The van der Waals surface area contributed by atoms with Gasteiger partial charge in [0.05, 0.1) is 12.5 Å². The van der Waals surface area contributed by atoms with Crippen LogP contribution in [-0.2, 0) is 9.59 Å². The standard InChI is InChI=1S/C14H25N3O2/c1-3-6-17-13(18)9-12(14(17)19)15-11(2)10-16-7-4-5-8-16/h11-12,15H,3-10H2,1-2H3. The lowest BCUT2D eigenvalue weighted by atomic mass is 10.2. The van der Waals surface area contributed by atoms with Gasteiger partial charge in [-0.25, -0.2) is 0 Å². The van der Waals surface area contributed by atoms with E-state index in [1.807, 2.05) is 6.92 Å². The minimum atomic E-state index is -0.309. The van der Waals surface area contributed by atoms with Gasteiger partial charge in [-0.1, -0.05) is 6.92 Å². The molecule has 0 saturated carbocycles. The zero-order valence-corrected chi connectivity index (χ0v) is 12.0. The summed E-state index contributed by atoms with van der Waals surface area (Å²) in [7, 11) is 0. The monoisotopic (exact) mass is 267 g/mol. The molecule has 1 N–H and O–H groups in total. The predicted octanol–water partition coefficient (Wildman–Crippen LogP) is 0.598. The van der Waals surface area contributed by atoms with E-state index in [4.69, 9.17) is 0 Å². The lowest BCUT2D eigenvalue weighted by Crippen LogP contribution is -2.46. The van der Waals surface area contributed by atoms with Crippen LogP contribution in [0, 0.1) is 0 Å². The van der Waals surface area contributed by atoms with E-state index in [2.05, 4.69) is 17.1 Å². The van der Waals surface area contributed by atoms with Crippen molar-refractivity contribution in [3.8, 4) is 0 Å². The average Bonchev–Trinajstić information content (AvgIpc) is 2.94. The molecule has 0 aromatic carbocycles. The molecule has 0 bridgehead atoms. The van der Waals surface area contributed by atoms with Crippen molar-refractivity contribution in [1.82, 2.24) is 15.1 Å². The first-order chi connectivity index (χ1) is 9.11. The first-order valence-electron chi connectivity index (χ1n) is 7.44. The normalized spacial score (nSPS) is 26.4. The van der Waals surface area contributed by atoms with Crippen LogP contribution in [0.25, 0.3) is 0 Å². The summed E-state index contributed by atoms with van der Waals surface area (Å²) < 4.78 is 0. The second-order valence-corrected chi connectivity index (χ2v) is 5.72. The molecular formula is C14H25N3O2. The van der Waals surface area contributed by atoms with Gasteiger partial charge in [0, 0.05) is 19.1 Å². The molecule has 108 valence electrons. The van der Waals surface area contributed by atoms with E-state index in [0.717, 1.165) is 26.1 Å². The lowest BCUT2D eigenvalue weighted by molar-refractivity contribution is -0.138. The largest absolute Gasteiger partial charge is 0.302 e. The fourth-order valence-corrected chi connectivity index (χ4v) is 3.02. The predicted molar refractivity (Wildman–Crippen MR) is 73.7 cm³/mol. The summed E-state index contributed by atoms with van der Waals surface area (Å²) in [6, 6.07) is -0.0573. The van der Waals surface area contributed by atoms with Gasteiger partial charge in [-0.2, -0.15) is 0 Å².